The van der Waals surface area contributed by atoms with E-state index in [-0.39, 0.29) is 45.4 Å². The number of rotatable bonds is 19. The van der Waals surface area contributed by atoms with Crippen molar-refractivity contribution in [1.82, 2.24) is 14.5 Å². The third-order valence-corrected chi connectivity index (χ3v) is 12.6. The zero-order valence-corrected chi connectivity index (χ0v) is 35.0. The zero-order valence-electron chi connectivity index (χ0n) is 34.0. The lowest BCUT2D eigenvalue weighted by molar-refractivity contribution is -0.134. The molecule has 0 spiro atoms. The fraction of sp³-hybridized carbons (Fsp3) is 0.413. The van der Waals surface area contributed by atoms with E-state index in [1.807, 2.05) is 71.6 Å². The maximum Gasteiger partial charge on any atom is 0.261 e. The minimum absolute atomic E-state index is 0.0440. The standard InChI is InChI=1S/C46H56N3O7P/c1-32(2)49(33(3)4)57-56-40-29-37(48(30-40)43(50)19-11-8-14-28-47-44(51)41-17-12-13-18-42(41)45(47)52)31-55-46(34-15-9-7-10-16-34,35-20-24-38(53-5)25-21-35)36-22-26-39(54-6)27-23-36/h7,9-10,12-13,15-18,20-27,32-33,37,40,57H,8,11,14,19,28-31H2,1-6H3/t37-,40+/m0/s1. The van der Waals surface area contributed by atoms with E-state index in [1.165, 1.54) is 4.90 Å². The van der Waals surface area contributed by atoms with Gasteiger partial charge in [0.25, 0.3) is 11.8 Å². The number of likely N-dealkylation sites (tertiary alicyclic amines) is 1. The molecule has 3 amide bonds. The van der Waals surface area contributed by atoms with Crippen molar-refractivity contribution in [2.24, 2.45) is 0 Å². The largest absolute Gasteiger partial charge is 0.497 e. The SMILES string of the molecule is COc1ccc(C(OC[C@@H]2C[C@@H](OPN(C(C)C)C(C)C)CN2C(=O)CCCCCN2C(=O)c3ccccc3C2=O)(c2ccccc2)c2ccc(OC)cc2)cc1. The van der Waals surface area contributed by atoms with Crippen molar-refractivity contribution in [1.29, 1.82) is 0 Å². The van der Waals surface area contributed by atoms with Crippen molar-refractivity contribution in [2.45, 2.75) is 89.6 Å². The number of ether oxygens (including phenoxy) is 3. The Kier molecular flexibility index (Phi) is 14.2. The highest BCUT2D eigenvalue weighted by Gasteiger charge is 2.42. The summed E-state index contributed by atoms with van der Waals surface area (Å²) in [7, 11) is 3.48. The Hall–Kier alpha value is -4.60. The first-order valence-corrected chi connectivity index (χ1v) is 20.9. The smallest absolute Gasteiger partial charge is 0.261 e. The van der Waals surface area contributed by atoms with Crippen molar-refractivity contribution < 1.29 is 33.1 Å². The fourth-order valence-corrected chi connectivity index (χ4v) is 8.83. The lowest BCUT2D eigenvalue weighted by Crippen LogP contribution is -2.42. The van der Waals surface area contributed by atoms with Crippen molar-refractivity contribution >= 4 is 26.7 Å². The van der Waals surface area contributed by atoms with E-state index in [0.717, 1.165) is 28.2 Å². The van der Waals surface area contributed by atoms with Gasteiger partial charge in [0.1, 0.15) is 17.1 Å². The van der Waals surface area contributed by atoms with Crippen LogP contribution < -0.4 is 9.47 Å². The fourth-order valence-electron chi connectivity index (χ4n) is 7.97. The van der Waals surface area contributed by atoms with Crippen LogP contribution in [0.15, 0.2) is 103 Å². The topological polar surface area (TPSA) is 97.9 Å². The summed E-state index contributed by atoms with van der Waals surface area (Å²) in [5.41, 5.74) is 2.69. The van der Waals surface area contributed by atoms with Gasteiger partial charge < -0.3 is 23.6 Å². The van der Waals surface area contributed by atoms with Crippen molar-refractivity contribution in [2.75, 3.05) is 33.9 Å². The molecule has 2 heterocycles. The second-order valence-electron chi connectivity index (χ2n) is 15.3. The molecule has 302 valence electrons. The lowest BCUT2D eigenvalue weighted by atomic mass is 9.80. The average molecular weight is 794 g/mol. The highest BCUT2D eigenvalue weighted by molar-refractivity contribution is 7.29. The molecular weight excluding hydrogens is 737 g/mol. The van der Waals surface area contributed by atoms with Gasteiger partial charge in [-0.2, -0.15) is 0 Å². The summed E-state index contributed by atoms with van der Waals surface area (Å²) < 4.78 is 27.3. The number of fused-ring (bicyclic) bond motifs is 1. The van der Waals surface area contributed by atoms with Gasteiger partial charge in [0.2, 0.25) is 5.91 Å². The summed E-state index contributed by atoms with van der Waals surface area (Å²) in [4.78, 5) is 43.2. The van der Waals surface area contributed by atoms with Gasteiger partial charge >= 0.3 is 0 Å². The van der Waals surface area contributed by atoms with Gasteiger partial charge in [-0.15, -0.1) is 0 Å². The first kappa shape index (κ1) is 42.0. The molecule has 0 saturated carbocycles. The molecule has 3 atom stereocenters. The minimum atomic E-state index is -1.02. The molecule has 10 nitrogen and oxygen atoms in total. The Morgan fingerprint density at radius 1 is 0.737 bits per heavy atom. The number of hydrogen-bond donors (Lipinski definition) is 0. The van der Waals surface area contributed by atoms with Gasteiger partial charge in [0, 0.05) is 31.6 Å². The van der Waals surface area contributed by atoms with Gasteiger partial charge in [0.15, 0.2) is 0 Å². The second kappa shape index (κ2) is 19.2. The van der Waals surface area contributed by atoms with Crippen LogP contribution in [0.2, 0.25) is 0 Å². The van der Waals surface area contributed by atoms with Crippen LogP contribution in [0.4, 0.5) is 0 Å². The predicted octanol–water partition coefficient (Wildman–Crippen LogP) is 8.48. The van der Waals surface area contributed by atoms with E-state index in [2.05, 4.69) is 44.5 Å². The summed E-state index contributed by atoms with van der Waals surface area (Å²) in [5.74, 6) is 1.03. The van der Waals surface area contributed by atoms with Crippen LogP contribution in [0, 0.1) is 0 Å². The lowest BCUT2D eigenvalue weighted by Gasteiger charge is -2.38. The molecular formula is C46H56N3O7P. The van der Waals surface area contributed by atoms with E-state index < -0.39 is 5.60 Å². The molecule has 1 saturated heterocycles. The Morgan fingerprint density at radius 2 is 1.26 bits per heavy atom. The van der Waals surface area contributed by atoms with Crippen molar-refractivity contribution in [3.8, 4) is 11.5 Å². The number of nitrogens with zero attached hydrogens (tertiary/aromatic N) is 3. The van der Waals surface area contributed by atoms with Crippen LogP contribution >= 0.6 is 8.96 Å². The quantitative estimate of drug-likeness (QED) is 0.0404. The molecule has 2 aliphatic heterocycles. The summed E-state index contributed by atoms with van der Waals surface area (Å²) in [6.07, 6.45) is 2.81. The highest BCUT2D eigenvalue weighted by atomic mass is 31.1. The number of benzene rings is 4. The number of amides is 3. The Bertz CT molecular complexity index is 1860. The Morgan fingerprint density at radius 3 is 1.79 bits per heavy atom. The number of carbonyl (C=O) groups excluding carboxylic acids is 3. The van der Waals surface area contributed by atoms with E-state index in [1.54, 1.807) is 38.5 Å². The van der Waals surface area contributed by atoms with Gasteiger partial charge in [-0.25, -0.2) is 0 Å². The zero-order chi connectivity index (χ0) is 40.5. The molecule has 0 radical (unpaired) electrons. The molecule has 0 aliphatic carbocycles. The third kappa shape index (κ3) is 9.42. The van der Waals surface area contributed by atoms with Crippen LogP contribution in [0.3, 0.4) is 0 Å². The van der Waals surface area contributed by atoms with Gasteiger partial charge in [-0.1, -0.05) is 73.2 Å². The Balaban J connectivity index is 1.21. The van der Waals surface area contributed by atoms with Crippen LogP contribution in [0.25, 0.3) is 0 Å². The van der Waals surface area contributed by atoms with E-state index in [9.17, 15) is 14.4 Å². The van der Waals surface area contributed by atoms with E-state index >= 15 is 0 Å². The highest BCUT2D eigenvalue weighted by Crippen LogP contribution is 2.43. The van der Waals surface area contributed by atoms with Gasteiger partial charge in [0.05, 0.1) is 53.1 Å². The van der Waals surface area contributed by atoms with Crippen LogP contribution in [-0.4, -0.2) is 90.3 Å². The minimum Gasteiger partial charge on any atom is -0.497 e. The van der Waals surface area contributed by atoms with Crippen molar-refractivity contribution in [3.63, 3.8) is 0 Å². The molecule has 0 bridgehead atoms. The third-order valence-electron chi connectivity index (χ3n) is 11.0. The molecule has 0 aromatic heterocycles. The van der Waals surface area contributed by atoms with Gasteiger partial charge in [-0.05, 0) is 100 Å². The van der Waals surface area contributed by atoms with E-state index in [0.29, 0.717) is 68.4 Å². The van der Waals surface area contributed by atoms with Gasteiger partial charge in [-0.3, -0.25) is 24.0 Å². The molecule has 11 heteroatoms. The molecule has 0 N–H and O–H groups in total. The van der Waals surface area contributed by atoms with Crippen LogP contribution in [0.5, 0.6) is 11.5 Å². The Labute approximate surface area is 339 Å². The molecule has 4 aromatic rings. The maximum atomic E-state index is 14.2. The average Bonchev–Trinajstić information content (AvgIpc) is 3.75. The van der Waals surface area contributed by atoms with Crippen LogP contribution in [0.1, 0.15) is 97.2 Å². The number of methoxy groups -OCH3 is 2. The normalized spacial score (nSPS) is 17.1. The summed E-state index contributed by atoms with van der Waals surface area (Å²) in [6.45, 7) is 9.77. The van der Waals surface area contributed by atoms with E-state index in [4.69, 9.17) is 18.7 Å². The maximum absolute atomic E-state index is 14.2. The summed E-state index contributed by atoms with van der Waals surface area (Å²) >= 11 is 0. The first-order valence-electron chi connectivity index (χ1n) is 20.0. The predicted molar refractivity (Wildman–Crippen MR) is 224 cm³/mol. The number of imide groups is 1. The first-order chi connectivity index (χ1) is 27.6. The molecule has 2 aliphatic rings. The number of hydrogen-bond acceptors (Lipinski definition) is 8. The molecule has 1 fully saturated rings. The monoisotopic (exact) mass is 793 g/mol. The number of unbranched alkanes of at least 4 members (excludes halogenated alkanes) is 2. The molecule has 57 heavy (non-hydrogen) atoms. The molecule has 4 aromatic carbocycles. The summed E-state index contributed by atoms with van der Waals surface area (Å²) in [6, 6.07) is 33.4. The van der Waals surface area contributed by atoms with Crippen molar-refractivity contribution in [3.05, 3.63) is 131 Å². The van der Waals surface area contributed by atoms with Crippen LogP contribution in [-0.2, 0) is 19.7 Å². The summed E-state index contributed by atoms with van der Waals surface area (Å²) in [5, 5.41) is 0. The molecule has 6 rings (SSSR count). The number of carbonyl (C=O) groups is 3. The second-order valence-corrected chi connectivity index (χ2v) is 16.2. The molecule has 1 unspecified atom stereocenters.